The molecular weight excluding hydrogens is 332 g/mol. The molecule has 136 valence electrons. The summed E-state index contributed by atoms with van der Waals surface area (Å²) in [6, 6.07) is 17.2. The highest BCUT2D eigenvalue weighted by atomic mass is 15.1. The summed E-state index contributed by atoms with van der Waals surface area (Å²) in [6.45, 7) is 2.07. The molecule has 0 saturated carbocycles. The zero-order valence-electron chi connectivity index (χ0n) is 16.0. The van der Waals surface area contributed by atoms with E-state index in [-0.39, 0.29) is 0 Å². The van der Waals surface area contributed by atoms with Crippen molar-refractivity contribution in [1.82, 2.24) is 9.97 Å². The van der Waals surface area contributed by atoms with Crippen molar-refractivity contribution < 1.29 is 0 Å². The van der Waals surface area contributed by atoms with Gasteiger partial charge in [0.25, 0.3) is 0 Å². The minimum absolute atomic E-state index is 0.494. The number of aryl methyl sites for hydroxylation is 3. The molecule has 27 heavy (non-hydrogen) atoms. The highest BCUT2D eigenvalue weighted by Gasteiger charge is 2.09. The second-order valence-corrected chi connectivity index (χ2v) is 7.32. The van der Waals surface area contributed by atoms with E-state index in [0.717, 1.165) is 34.6 Å². The Morgan fingerprint density at radius 1 is 0.889 bits per heavy atom. The normalized spacial score (nSPS) is 11.2. The Morgan fingerprint density at radius 2 is 1.63 bits per heavy atom. The topological polar surface area (TPSA) is 55.0 Å². The van der Waals surface area contributed by atoms with Crippen LogP contribution in [0.3, 0.4) is 0 Å². The summed E-state index contributed by atoms with van der Waals surface area (Å²) in [4.78, 5) is 11.2. The van der Waals surface area contributed by atoms with Crippen molar-refractivity contribution in [3.8, 4) is 0 Å². The number of nitrogens with two attached hydrogens (primary N) is 1. The van der Waals surface area contributed by atoms with Crippen LogP contribution in [-0.4, -0.2) is 24.1 Å². The van der Waals surface area contributed by atoms with Crippen molar-refractivity contribution in [3.05, 3.63) is 71.4 Å². The first-order chi connectivity index (χ1) is 13.0. The van der Waals surface area contributed by atoms with Crippen molar-refractivity contribution in [2.24, 2.45) is 0 Å². The van der Waals surface area contributed by atoms with Gasteiger partial charge >= 0.3 is 0 Å². The molecule has 0 aliphatic rings. The van der Waals surface area contributed by atoms with Crippen LogP contribution in [0.5, 0.6) is 0 Å². The van der Waals surface area contributed by atoms with Gasteiger partial charge in [0.1, 0.15) is 5.52 Å². The van der Waals surface area contributed by atoms with E-state index in [1.807, 2.05) is 6.20 Å². The van der Waals surface area contributed by atoms with Gasteiger partial charge < -0.3 is 10.6 Å². The fourth-order valence-electron chi connectivity index (χ4n) is 3.45. The standard InChI is InChI=1S/C23H24N4/c1-15-4-11-19-20-13-17(14-25-22(20)23(24)26-21(19)12-15)6-5-16-7-9-18(10-8-16)27(2)3/h4,7-14H,5-6H2,1-3H3,(H2,24,26). The zero-order chi connectivity index (χ0) is 19.0. The average molecular weight is 356 g/mol. The summed E-state index contributed by atoms with van der Waals surface area (Å²) < 4.78 is 0. The largest absolute Gasteiger partial charge is 0.382 e. The highest BCUT2D eigenvalue weighted by molar-refractivity contribution is 6.08. The monoisotopic (exact) mass is 356 g/mol. The van der Waals surface area contributed by atoms with E-state index in [0.29, 0.717) is 5.82 Å². The second kappa shape index (κ2) is 6.88. The maximum Gasteiger partial charge on any atom is 0.150 e. The molecule has 0 spiro atoms. The van der Waals surface area contributed by atoms with Crippen LogP contribution < -0.4 is 10.6 Å². The predicted molar refractivity (Wildman–Crippen MR) is 114 cm³/mol. The first-order valence-corrected chi connectivity index (χ1v) is 9.22. The number of pyridine rings is 2. The number of aromatic nitrogens is 2. The van der Waals surface area contributed by atoms with Crippen LogP contribution in [0.2, 0.25) is 0 Å². The SMILES string of the molecule is Cc1ccc2c(c1)nc(N)c1ncc(CCc3ccc(N(C)C)cc3)cc12. The quantitative estimate of drug-likeness (QED) is 0.546. The van der Waals surface area contributed by atoms with E-state index in [2.05, 4.69) is 84.4 Å². The third-order valence-electron chi connectivity index (χ3n) is 5.03. The number of hydrogen-bond donors (Lipinski definition) is 1. The summed E-state index contributed by atoms with van der Waals surface area (Å²) in [5.41, 5.74) is 12.8. The molecule has 2 aromatic carbocycles. The number of nitrogen functional groups attached to an aromatic ring is 1. The van der Waals surface area contributed by atoms with E-state index < -0.39 is 0 Å². The van der Waals surface area contributed by atoms with Crippen LogP contribution >= 0.6 is 0 Å². The molecule has 2 N–H and O–H groups in total. The summed E-state index contributed by atoms with van der Waals surface area (Å²) in [5.74, 6) is 0.494. The number of anilines is 2. The van der Waals surface area contributed by atoms with Crippen LogP contribution in [-0.2, 0) is 12.8 Å². The first kappa shape index (κ1) is 17.3. The molecular formula is C23H24N4. The van der Waals surface area contributed by atoms with Crippen LogP contribution in [0.1, 0.15) is 16.7 Å². The fourth-order valence-corrected chi connectivity index (χ4v) is 3.45. The van der Waals surface area contributed by atoms with Gasteiger partial charge in [-0.05, 0) is 60.7 Å². The maximum absolute atomic E-state index is 6.15. The summed E-state index contributed by atoms with van der Waals surface area (Å²) in [5, 5.41) is 2.19. The Balaban J connectivity index is 1.65. The maximum atomic E-state index is 6.15. The van der Waals surface area contributed by atoms with E-state index in [4.69, 9.17) is 5.73 Å². The van der Waals surface area contributed by atoms with Crippen LogP contribution in [0.25, 0.3) is 21.8 Å². The van der Waals surface area contributed by atoms with Gasteiger partial charge in [0.2, 0.25) is 0 Å². The van der Waals surface area contributed by atoms with E-state index in [1.165, 1.54) is 22.4 Å². The number of fused-ring (bicyclic) bond motifs is 3. The Morgan fingerprint density at radius 3 is 2.37 bits per heavy atom. The molecule has 0 bridgehead atoms. The molecule has 4 nitrogen and oxygen atoms in total. The molecule has 0 unspecified atom stereocenters. The average Bonchev–Trinajstić information content (AvgIpc) is 2.66. The molecule has 0 saturated heterocycles. The van der Waals surface area contributed by atoms with Gasteiger partial charge in [0, 0.05) is 36.8 Å². The van der Waals surface area contributed by atoms with Crippen molar-refractivity contribution in [2.75, 3.05) is 24.7 Å². The smallest absolute Gasteiger partial charge is 0.150 e. The minimum atomic E-state index is 0.494. The van der Waals surface area contributed by atoms with Crippen molar-refractivity contribution in [3.63, 3.8) is 0 Å². The summed E-state index contributed by atoms with van der Waals surface area (Å²) in [7, 11) is 4.12. The van der Waals surface area contributed by atoms with Gasteiger partial charge in [0.05, 0.1) is 5.52 Å². The van der Waals surface area contributed by atoms with Gasteiger partial charge in [-0.1, -0.05) is 24.3 Å². The van der Waals surface area contributed by atoms with Crippen LogP contribution in [0, 0.1) is 6.92 Å². The molecule has 0 fully saturated rings. The van der Waals surface area contributed by atoms with E-state index in [1.54, 1.807) is 0 Å². The molecule has 0 amide bonds. The Hall–Kier alpha value is -3.14. The van der Waals surface area contributed by atoms with Crippen LogP contribution in [0.15, 0.2) is 54.7 Å². The fraction of sp³-hybridized carbons (Fsp3) is 0.217. The van der Waals surface area contributed by atoms with Gasteiger partial charge in [-0.25, -0.2) is 4.98 Å². The van der Waals surface area contributed by atoms with Gasteiger partial charge in [-0.3, -0.25) is 4.98 Å². The molecule has 4 heteroatoms. The number of hydrogen-bond acceptors (Lipinski definition) is 4. The molecule has 4 rings (SSSR count). The van der Waals surface area contributed by atoms with Gasteiger partial charge in [-0.2, -0.15) is 0 Å². The number of rotatable bonds is 4. The summed E-state index contributed by atoms with van der Waals surface area (Å²) in [6.07, 6.45) is 3.85. The summed E-state index contributed by atoms with van der Waals surface area (Å²) >= 11 is 0. The molecule has 0 aliphatic carbocycles. The predicted octanol–water partition coefficient (Wildman–Crippen LogP) is 4.52. The molecule has 0 aliphatic heterocycles. The lowest BCUT2D eigenvalue weighted by molar-refractivity contribution is 0.953. The van der Waals surface area contributed by atoms with Crippen LogP contribution in [0.4, 0.5) is 11.5 Å². The lowest BCUT2D eigenvalue weighted by Gasteiger charge is -2.13. The molecule has 2 heterocycles. The Bertz CT molecular complexity index is 1110. The Labute approximate surface area is 159 Å². The third-order valence-corrected chi connectivity index (χ3v) is 5.03. The first-order valence-electron chi connectivity index (χ1n) is 9.22. The van der Waals surface area contributed by atoms with E-state index in [9.17, 15) is 0 Å². The van der Waals surface area contributed by atoms with Gasteiger partial charge in [-0.15, -0.1) is 0 Å². The lowest BCUT2D eigenvalue weighted by Crippen LogP contribution is -2.08. The number of nitrogens with zero attached hydrogens (tertiary/aromatic N) is 3. The minimum Gasteiger partial charge on any atom is -0.382 e. The molecule has 4 aromatic rings. The second-order valence-electron chi connectivity index (χ2n) is 7.32. The molecule has 0 radical (unpaired) electrons. The van der Waals surface area contributed by atoms with Crippen molar-refractivity contribution in [1.29, 1.82) is 0 Å². The molecule has 0 atom stereocenters. The van der Waals surface area contributed by atoms with Gasteiger partial charge in [0.15, 0.2) is 5.82 Å². The third kappa shape index (κ3) is 3.43. The highest BCUT2D eigenvalue weighted by Crippen LogP contribution is 2.28. The zero-order valence-corrected chi connectivity index (χ0v) is 16.0. The molecule has 2 aromatic heterocycles. The Kier molecular flexibility index (Phi) is 4.40. The lowest BCUT2D eigenvalue weighted by atomic mass is 10.0. The number of benzene rings is 2. The van der Waals surface area contributed by atoms with Crippen molar-refractivity contribution >= 4 is 33.3 Å². The van der Waals surface area contributed by atoms with E-state index >= 15 is 0 Å². The van der Waals surface area contributed by atoms with Crippen molar-refractivity contribution in [2.45, 2.75) is 19.8 Å².